The summed E-state index contributed by atoms with van der Waals surface area (Å²) in [6.07, 6.45) is 22.4. The van der Waals surface area contributed by atoms with Gasteiger partial charge in [-0.25, -0.2) is 9.59 Å². The third-order valence-corrected chi connectivity index (χ3v) is 11.2. The van der Waals surface area contributed by atoms with Crippen molar-refractivity contribution in [2.45, 2.75) is 129 Å². The monoisotopic (exact) mass is 512 g/mol. The maximum absolute atomic E-state index is 12.2. The van der Waals surface area contributed by atoms with Crippen LogP contribution in [-0.4, -0.2) is 24.1 Å². The van der Waals surface area contributed by atoms with Crippen LogP contribution in [0.25, 0.3) is 0 Å². The minimum absolute atomic E-state index is 0.0460. The molecular weight excluding hydrogens is 460 g/mol. The minimum Gasteiger partial charge on any atom is -0.459 e. The van der Waals surface area contributed by atoms with Gasteiger partial charge in [0.1, 0.15) is 12.2 Å². The summed E-state index contributed by atoms with van der Waals surface area (Å²) in [7, 11) is 0. The molecule has 4 rings (SSSR count). The lowest BCUT2D eigenvalue weighted by molar-refractivity contribution is -0.154. The molecular formula is C33H52O4. The second kappa shape index (κ2) is 13.0. The van der Waals surface area contributed by atoms with Crippen LogP contribution in [0.15, 0.2) is 25.3 Å². The first-order chi connectivity index (χ1) is 17.8. The lowest BCUT2D eigenvalue weighted by atomic mass is 9.55. The van der Waals surface area contributed by atoms with Crippen molar-refractivity contribution in [3.8, 4) is 0 Å². The van der Waals surface area contributed by atoms with Gasteiger partial charge >= 0.3 is 11.9 Å². The van der Waals surface area contributed by atoms with Crippen LogP contribution in [0.1, 0.15) is 117 Å². The molecule has 0 aromatic rings. The van der Waals surface area contributed by atoms with Crippen LogP contribution >= 0.6 is 0 Å². The van der Waals surface area contributed by atoms with Crippen molar-refractivity contribution in [1.82, 2.24) is 0 Å². The van der Waals surface area contributed by atoms with E-state index in [1.54, 1.807) is 0 Å². The van der Waals surface area contributed by atoms with Crippen LogP contribution in [0.5, 0.6) is 0 Å². The fraction of sp³-hybridized carbons (Fsp3) is 0.818. The molecule has 0 spiro atoms. The highest BCUT2D eigenvalue weighted by Crippen LogP contribution is 2.54. The molecule has 0 aromatic heterocycles. The first-order valence-corrected chi connectivity index (χ1v) is 15.5. The normalized spacial score (nSPS) is 34.3. The molecule has 4 fully saturated rings. The van der Waals surface area contributed by atoms with Gasteiger partial charge in [-0.05, 0) is 79.4 Å². The number of esters is 2. The van der Waals surface area contributed by atoms with Crippen molar-refractivity contribution in [1.29, 1.82) is 0 Å². The fourth-order valence-electron chi connectivity index (χ4n) is 8.84. The summed E-state index contributed by atoms with van der Waals surface area (Å²) in [4.78, 5) is 24.3. The molecule has 37 heavy (non-hydrogen) atoms. The van der Waals surface area contributed by atoms with E-state index >= 15 is 0 Å². The SMILES string of the molecule is C=CC(=O)OC1CCC(C(C)(C)C2CCC(OC(=O)C=C)C(C3CCCCC3)C2)CC1C1CCCCC1. The number of carbonyl (C=O) groups excluding carboxylic acids is 2. The Morgan fingerprint density at radius 1 is 0.622 bits per heavy atom. The molecule has 0 aliphatic heterocycles. The summed E-state index contributed by atoms with van der Waals surface area (Å²) in [6.45, 7) is 12.3. The summed E-state index contributed by atoms with van der Waals surface area (Å²) < 4.78 is 11.9. The summed E-state index contributed by atoms with van der Waals surface area (Å²) in [5, 5.41) is 0. The van der Waals surface area contributed by atoms with Crippen molar-refractivity contribution in [2.24, 2.45) is 40.9 Å². The van der Waals surface area contributed by atoms with Crippen molar-refractivity contribution in [3.63, 3.8) is 0 Å². The van der Waals surface area contributed by atoms with E-state index in [-0.39, 0.29) is 29.6 Å². The predicted octanol–water partition coefficient (Wildman–Crippen LogP) is 8.20. The van der Waals surface area contributed by atoms with E-state index in [0.717, 1.165) is 25.7 Å². The maximum Gasteiger partial charge on any atom is 0.330 e. The first-order valence-electron chi connectivity index (χ1n) is 15.5. The van der Waals surface area contributed by atoms with Gasteiger partial charge in [-0.15, -0.1) is 0 Å². The number of rotatable bonds is 8. The van der Waals surface area contributed by atoms with Crippen LogP contribution in [0.3, 0.4) is 0 Å². The Balaban J connectivity index is 1.48. The second-order valence-corrected chi connectivity index (χ2v) is 13.3. The molecule has 4 aliphatic rings. The smallest absolute Gasteiger partial charge is 0.330 e. The van der Waals surface area contributed by atoms with E-state index in [4.69, 9.17) is 9.47 Å². The summed E-state index contributed by atoms with van der Waals surface area (Å²) in [6, 6.07) is 0. The number of carbonyl (C=O) groups is 2. The second-order valence-electron chi connectivity index (χ2n) is 13.3. The minimum atomic E-state index is -0.258. The Morgan fingerprint density at radius 3 is 1.35 bits per heavy atom. The molecule has 0 heterocycles. The van der Waals surface area contributed by atoms with Crippen LogP contribution in [0, 0.1) is 40.9 Å². The standard InChI is InChI=1S/C33H52O4/c1-5-31(34)36-29-19-17-25(21-27(29)23-13-9-7-10-14-23)33(3,4)26-18-20-30(37-32(35)6-2)28(22-26)24-15-11-8-12-16-24/h5-6,23-30H,1-2,7-22H2,3-4H3. The average molecular weight is 513 g/mol. The summed E-state index contributed by atoms with van der Waals surface area (Å²) in [5.41, 5.74) is 0.223. The van der Waals surface area contributed by atoms with Gasteiger partial charge in [0, 0.05) is 12.2 Å². The Kier molecular flexibility index (Phi) is 9.97. The van der Waals surface area contributed by atoms with Gasteiger partial charge in [-0.1, -0.05) is 91.2 Å². The van der Waals surface area contributed by atoms with Gasteiger partial charge in [0.25, 0.3) is 0 Å². The van der Waals surface area contributed by atoms with Crippen molar-refractivity contribution < 1.29 is 19.1 Å². The Morgan fingerprint density at radius 2 is 1.00 bits per heavy atom. The average Bonchev–Trinajstić information content (AvgIpc) is 2.94. The molecule has 0 bridgehead atoms. The maximum atomic E-state index is 12.2. The molecule has 0 N–H and O–H groups in total. The fourth-order valence-corrected chi connectivity index (χ4v) is 8.84. The van der Waals surface area contributed by atoms with E-state index in [2.05, 4.69) is 27.0 Å². The molecule has 4 nitrogen and oxygen atoms in total. The van der Waals surface area contributed by atoms with Crippen LogP contribution < -0.4 is 0 Å². The molecule has 4 saturated carbocycles. The zero-order valence-corrected chi connectivity index (χ0v) is 23.6. The molecule has 0 saturated heterocycles. The van der Waals surface area contributed by atoms with Gasteiger partial charge in [-0.3, -0.25) is 0 Å². The Bertz CT molecular complexity index is 724. The molecule has 0 aromatic carbocycles. The van der Waals surface area contributed by atoms with Crippen LogP contribution in [0.4, 0.5) is 0 Å². The number of ether oxygens (including phenoxy) is 2. The molecule has 4 aliphatic carbocycles. The molecule has 6 atom stereocenters. The van der Waals surface area contributed by atoms with E-state index in [1.165, 1.54) is 89.2 Å². The number of hydrogen-bond donors (Lipinski definition) is 0. The van der Waals surface area contributed by atoms with Gasteiger partial charge in [0.15, 0.2) is 0 Å². The van der Waals surface area contributed by atoms with Gasteiger partial charge < -0.3 is 9.47 Å². The molecule has 4 heteroatoms. The Hall–Kier alpha value is -1.58. The third-order valence-electron chi connectivity index (χ3n) is 11.2. The van der Waals surface area contributed by atoms with Crippen LogP contribution in [0.2, 0.25) is 0 Å². The van der Waals surface area contributed by atoms with E-state index < -0.39 is 0 Å². The molecule has 208 valence electrons. The number of hydrogen-bond acceptors (Lipinski definition) is 4. The van der Waals surface area contributed by atoms with Crippen molar-refractivity contribution >= 4 is 11.9 Å². The highest BCUT2D eigenvalue weighted by molar-refractivity contribution is 5.81. The molecule has 0 amide bonds. The largest absolute Gasteiger partial charge is 0.459 e. The lowest BCUT2D eigenvalue weighted by Crippen LogP contribution is -2.47. The first kappa shape index (κ1) is 28.4. The summed E-state index contributed by atoms with van der Waals surface area (Å²) >= 11 is 0. The quantitative estimate of drug-likeness (QED) is 0.243. The summed E-state index contributed by atoms with van der Waals surface area (Å²) in [5.74, 6) is 3.07. The Labute approximate surface area is 226 Å². The van der Waals surface area contributed by atoms with E-state index in [9.17, 15) is 9.59 Å². The van der Waals surface area contributed by atoms with Gasteiger partial charge in [-0.2, -0.15) is 0 Å². The van der Waals surface area contributed by atoms with Gasteiger partial charge in [0.05, 0.1) is 0 Å². The predicted molar refractivity (Wildman–Crippen MR) is 149 cm³/mol. The highest BCUT2D eigenvalue weighted by atomic mass is 16.5. The van der Waals surface area contributed by atoms with Crippen molar-refractivity contribution in [2.75, 3.05) is 0 Å². The zero-order valence-electron chi connectivity index (χ0n) is 23.6. The highest BCUT2D eigenvalue weighted by Gasteiger charge is 2.48. The van der Waals surface area contributed by atoms with E-state index in [1.807, 2.05) is 0 Å². The van der Waals surface area contributed by atoms with Crippen LogP contribution in [-0.2, 0) is 19.1 Å². The lowest BCUT2D eigenvalue weighted by Gasteiger charge is -2.52. The van der Waals surface area contributed by atoms with Crippen molar-refractivity contribution in [3.05, 3.63) is 25.3 Å². The van der Waals surface area contributed by atoms with E-state index in [0.29, 0.717) is 35.5 Å². The zero-order chi connectivity index (χ0) is 26.4. The topological polar surface area (TPSA) is 52.6 Å². The molecule has 0 radical (unpaired) electrons. The van der Waals surface area contributed by atoms with Gasteiger partial charge in [0.2, 0.25) is 0 Å². The molecule has 6 unspecified atom stereocenters. The third kappa shape index (κ3) is 6.90.